The van der Waals surface area contributed by atoms with Crippen LogP contribution >= 0.6 is 15.9 Å². The number of aromatic nitrogens is 2. The average Bonchev–Trinajstić information content (AvgIpc) is 2.88. The third kappa shape index (κ3) is 4.44. The monoisotopic (exact) mass is 451 g/mol. The Labute approximate surface area is 168 Å². The summed E-state index contributed by atoms with van der Waals surface area (Å²) in [5, 5.41) is 6.96. The molecule has 0 aliphatic rings. The standard InChI is InChI=1S/C20H17BrF3N3O/c1-12-18(21)13(2)27(26-12)11-14-5-3-6-15(9-14)19(28)25-17-8-4-7-16(10-17)20(22,23)24/h3-10H,11H2,1-2H3,(H,25,28). The van der Waals surface area contributed by atoms with Gasteiger partial charge in [0.2, 0.25) is 0 Å². The molecule has 0 fully saturated rings. The van der Waals surface area contributed by atoms with Crippen LogP contribution in [0.1, 0.15) is 32.9 Å². The molecule has 4 nitrogen and oxygen atoms in total. The highest BCUT2D eigenvalue weighted by Gasteiger charge is 2.30. The van der Waals surface area contributed by atoms with Crippen molar-refractivity contribution >= 4 is 27.5 Å². The highest BCUT2D eigenvalue weighted by atomic mass is 79.9. The molecule has 1 heterocycles. The molecule has 0 atom stereocenters. The Morgan fingerprint density at radius 3 is 2.50 bits per heavy atom. The minimum absolute atomic E-state index is 0.0905. The van der Waals surface area contributed by atoms with Gasteiger partial charge in [0.1, 0.15) is 0 Å². The molecular formula is C20H17BrF3N3O. The predicted molar refractivity (Wildman–Crippen MR) is 104 cm³/mol. The van der Waals surface area contributed by atoms with Gasteiger partial charge >= 0.3 is 6.18 Å². The normalized spacial score (nSPS) is 11.5. The van der Waals surface area contributed by atoms with Gasteiger partial charge in [-0.1, -0.05) is 18.2 Å². The Hall–Kier alpha value is -2.61. The topological polar surface area (TPSA) is 46.9 Å². The maximum Gasteiger partial charge on any atom is 0.416 e. The molecule has 0 radical (unpaired) electrons. The van der Waals surface area contributed by atoms with Crippen LogP contribution < -0.4 is 5.32 Å². The van der Waals surface area contributed by atoms with E-state index in [2.05, 4.69) is 26.3 Å². The summed E-state index contributed by atoms with van der Waals surface area (Å²) < 4.78 is 41.2. The van der Waals surface area contributed by atoms with Crippen LogP contribution in [-0.2, 0) is 12.7 Å². The Bertz CT molecular complexity index is 1030. The van der Waals surface area contributed by atoms with E-state index in [1.807, 2.05) is 24.6 Å². The number of carbonyl (C=O) groups excluding carboxylic acids is 1. The highest BCUT2D eigenvalue weighted by molar-refractivity contribution is 9.10. The fourth-order valence-electron chi connectivity index (χ4n) is 2.79. The Balaban J connectivity index is 1.78. The zero-order chi connectivity index (χ0) is 20.5. The van der Waals surface area contributed by atoms with Crippen molar-refractivity contribution < 1.29 is 18.0 Å². The predicted octanol–water partition coefficient (Wildman–Crippen LogP) is 5.58. The summed E-state index contributed by atoms with van der Waals surface area (Å²) in [7, 11) is 0. The van der Waals surface area contributed by atoms with Crippen molar-refractivity contribution in [2.45, 2.75) is 26.6 Å². The quantitative estimate of drug-likeness (QED) is 0.562. The van der Waals surface area contributed by atoms with Crippen LogP contribution in [0.2, 0.25) is 0 Å². The first-order valence-electron chi connectivity index (χ1n) is 8.42. The number of halogens is 4. The van der Waals surface area contributed by atoms with E-state index in [0.717, 1.165) is 33.6 Å². The summed E-state index contributed by atoms with van der Waals surface area (Å²) in [5.74, 6) is -0.476. The summed E-state index contributed by atoms with van der Waals surface area (Å²) in [6.07, 6.45) is -4.46. The van der Waals surface area contributed by atoms with E-state index in [4.69, 9.17) is 0 Å². The van der Waals surface area contributed by atoms with Gasteiger partial charge in [-0.2, -0.15) is 18.3 Å². The lowest BCUT2D eigenvalue weighted by Crippen LogP contribution is -2.14. The lowest BCUT2D eigenvalue weighted by atomic mass is 10.1. The number of aryl methyl sites for hydroxylation is 1. The van der Waals surface area contributed by atoms with Gasteiger partial charge in [0.15, 0.2) is 0 Å². The van der Waals surface area contributed by atoms with Crippen molar-refractivity contribution in [1.82, 2.24) is 9.78 Å². The van der Waals surface area contributed by atoms with E-state index < -0.39 is 17.6 Å². The lowest BCUT2D eigenvalue weighted by molar-refractivity contribution is -0.137. The maximum atomic E-state index is 12.8. The Morgan fingerprint density at radius 2 is 1.86 bits per heavy atom. The summed E-state index contributed by atoms with van der Waals surface area (Å²) in [6, 6.07) is 11.5. The number of nitrogens with one attached hydrogen (secondary N) is 1. The van der Waals surface area contributed by atoms with Gasteiger partial charge in [-0.05, 0) is 65.7 Å². The van der Waals surface area contributed by atoms with Gasteiger partial charge in [0.05, 0.1) is 28.0 Å². The molecule has 8 heteroatoms. The minimum Gasteiger partial charge on any atom is -0.322 e. The molecule has 0 aliphatic carbocycles. The van der Waals surface area contributed by atoms with E-state index >= 15 is 0 Å². The van der Waals surface area contributed by atoms with Crippen LogP contribution in [0.4, 0.5) is 18.9 Å². The fourth-order valence-corrected chi connectivity index (χ4v) is 3.07. The molecule has 1 aromatic heterocycles. The van der Waals surface area contributed by atoms with E-state index in [1.165, 1.54) is 12.1 Å². The molecule has 1 N–H and O–H groups in total. The lowest BCUT2D eigenvalue weighted by Gasteiger charge is -2.11. The van der Waals surface area contributed by atoms with Gasteiger partial charge in [-0.3, -0.25) is 9.48 Å². The zero-order valence-electron chi connectivity index (χ0n) is 15.1. The number of hydrogen-bond acceptors (Lipinski definition) is 2. The molecule has 3 aromatic rings. The minimum atomic E-state index is -4.46. The number of rotatable bonds is 4. The van der Waals surface area contributed by atoms with Crippen LogP contribution in [0.15, 0.2) is 53.0 Å². The number of benzene rings is 2. The number of alkyl halides is 3. The van der Waals surface area contributed by atoms with Gasteiger partial charge in [-0.15, -0.1) is 0 Å². The number of anilines is 1. The summed E-state index contributed by atoms with van der Waals surface area (Å²) in [6.45, 7) is 4.31. The van der Waals surface area contributed by atoms with Crippen molar-refractivity contribution in [2.24, 2.45) is 0 Å². The molecule has 1 amide bonds. The van der Waals surface area contributed by atoms with Gasteiger partial charge in [0, 0.05) is 11.3 Å². The zero-order valence-corrected chi connectivity index (χ0v) is 16.7. The summed E-state index contributed by atoms with van der Waals surface area (Å²) in [5.41, 5.74) is 2.33. The van der Waals surface area contributed by atoms with E-state index in [1.54, 1.807) is 18.2 Å². The first-order chi connectivity index (χ1) is 13.1. The first-order valence-corrected chi connectivity index (χ1v) is 9.21. The molecule has 0 saturated heterocycles. The van der Waals surface area contributed by atoms with Gasteiger partial charge in [0.25, 0.3) is 5.91 Å². The average molecular weight is 452 g/mol. The Kier molecular flexibility index (Phi) is 5.60. The molecule has 2 aromatic carbocycles. The van der Waals surface area contributed by atoms with Crippen molar-refractivity contribution in [3.8, 4) is 0 Å². The third-order valence-electron chi connectivity index (χ3n) is 4.26. The molecule has 28 heavy (non-hydrogen) atoms. The van der Waals surface area contributed by atoms with Crippen LogP contribution in [-0.4, -0.2) is 15.7 Å². The molecular weight excluding hydrogens is 435 g/mol. The SMILES string of the molecule is Cc1nn(Cc2cccc(C(=O)Nc3cccc(C(F)(F)F)c3)c2)c(C)c1Br. The maximum absolute atomic E-state index is 12.8. The molecule has 0 unspecified atom stereocenters. The van der Waals surface area contributed by atoms with Crippen molar-refractivity contribution in [3.63, 3.8) is 0 Å². The van der Waals surface area contributed by atoms with Crippen molar-refractivity contribution in [2.75, 3.05) is 5.32 Å². The smallest absolute Gasteiger partial charge is 0.322 e. The highest BCUT2D eigenvalue weighted by Crippen LogP contribution is 2.30. The molecule has 0 bridgehead atoms. The molecule has 3 rings (SSSR count). The van der Waals surface area contributed by atoms with Gasteiger partial charge in [-0.25, -0.2) is 0 Å². The van der Waals surface area contributed by atoms with Crippen molar-refractivity contribution in [1.29, 1.82) is 0 Å². The molecule has 146 valence electrons. The Morgan fingerprint density at radius 1 is 1.14 bits per heavy atom. The summed E-state index contributed by atoms with van der Waals surface area (Å²) >= 11 is 3.48. The number of hydrogen-bond donors (Lipinski definition) is 1. The second-order valence-corrected chi connectivity index (χ2v) is 7.17. The molecule has 0 aliphatic heterocycles. The first kappa shape index (κ1) is 20.1. The second-order valence-electron chi connectivity index (χ2n) is 6.38. The number of nitrogens with zero attached hydrogens (tertiary/aromatic N) is 2. The largest absolute Gasteiger partial charge is 0.416 e. The molecule has 0 spiro atoms. The van der Waals surface area contributed by atoms with Crippen LogP contribution in [0.5, 0.6) is 0 Å². The van der Waals surface area contributed by atoms with E-state index in [9.17, 15) is 18.0 Å². The van der Waals surface area contributed by atoms with E-state index in [0.29, 0.717) is 12.1 Å². The van der Waals surface area contributed by atoms with Gasteiger partial charge < -0.3 is 5.32 Å². The van der Waals surface area contributed by atoms with Crippen LogP contribution in [0, 0.1) is 13.8 Å². The van der Waals surface area contributed by atoms with Crippen molar-refractivity contribution in [3.05, 3.63) is 81.1 Å². The number of amides is 1. The van der Waals surface area contributed by atoms with Crippen LogP contribution in [0.3, 0.4) is 0 Å². The number of carbonyl (C=O) groups is 1. The second kappa shape index (κ2) is 7.79. The van der Waals surface area contributed by atoms with E-state index in [-0.39, 0.29) is 5.69 Å². The van der Waals surface area contributed by atoms with Crippen LogP contribution in [0.25, 0.3) is 0 Å². The summed E-state index contributed by atoms with van der Waals surface area (Å²) in [4.78, 5) is 12.5. The third-order valence-corrected chi connectivity index (χ3v) is 5.41. The molecule has 0 saturated carbocycles. The fraction of sp³-hybridized carbons (Fsp3) is 0.200.